The van der Waals surface area contributed by atoms with E-state index in [0.717, 1.165) is 31.6 Å². The summed E-state index contributed by atoms with van der Waals surface area (Å²) in [5, 5.41) is 0. The van der Waals surface area contributed by atoms with Gasteiger partial charge in [-0.15, -0.1) is 0 Å². The Bertz CT molecular complexity index is 706. The van der Waals surface area contributed by atoms with Crippen LogP contribution in [0.5, 0.6) is 0 Å². The van der Waals surface area contributed by atoms with E-state index in [1.165, 1.54) is 12.6 Å². The molecule has 0 saturated carbocycles. The molecule has 1 amide bonds. The van der Waals surface area contributed by atoms with Gasteiger partial charge in [-0.2, -0.15) is 0 Å². The molecule has 0 aromatic carbocycles. The van der Waals surface area contributed by atoms with Crippen LogP contribution in [0.1, 0.15) is 29.0 Å². The number of likely N-dealkylation sites (tertiary alicyclic amines) is 1. The first kappa shape index (κ1) is 16.2. The number of aromatic nitrogens is 2. The highest BCUT2D eigenvalue weighted by Crippen LogP contribution is 2.33. The molecule has 0 bridgehead atoms. The molecule has 132 valence electrons. The maximum Gasteiger partial charge on any atom is 0.289 e. The second kappa shape index (κ2) is 6.93. The van der Waals surface area contributed by atoms with Gasteiger partial charge in [0.1, 0.15) is 6.33 Å². The second-order valence-electron chi connectivity index (χ2n) is 6.71. The second-order valence-corrected chi connectivity index (χ2v) is 6.71. The summed E-state index contributed by atoms with van der Waals surface area (Å²) in [6, 6.07) is 3.71. The normalized spacial score (nSPS) is 26.0. The van der Waals surface area contributed by atoms with Crippen LogP contribution in [-0.2, 0) is 11.3 Å². The van der Waals surface area contributed by atoms with E-state index in [9.17, 15) is 4.79 Å². The fraction of sp³-hybridized carbons (Fsp3) is 0.500. The molecule has 0 spiro atoms. The van der Waals surface area contributed by atoms with E-state index in [2.05, 4.69) is 21.9 Å². The number of amides is 1. The van der Waals surface area contributed by atoms with Crippen molar-refractivity contribution in [3.05, 3.63) is 48.4 Å². The van der Waals surface area contributed by atoms with Crippen LogP contribution in [0.3, 0.4) is 0 Å². The molecular formula is C18H22N4O3. The molecule has 7 nitrogen and oxygen atoms in total. The Kier molecular flexibility index (Phi) is 4.50. The smallest absolute Gasteiger partial charge is 0.289 e. The van der Waals surface area contributed by atoms with Gasteiger partial charge >= 0.3 is 0 Å². The number of carbonyl (C=O) groups is 1. The van der Waals surface area contributed by atoms with Crippen LogP contribution in [0, 0.1) is 0 Å². The third kappa shape index (κ3) is 3.17. The molecule has 2 fully saturated rings. The Morgan fingerprint density at radius 2 is 2.24 bits per heavy atom. The summed E-state index contributed by atoms with van der Waals surface area (Å²) in [5.74, 6) is 0.341. The van der Waals surface area contributed by atoms with Gasteiger partial charge in [-0.1, -0.05) is 0 Å². The number of likely N-dealkylation sites (N-methyl/N-ethyl adjacent to an activating group) is 1. The molecule has 0 unspecified atom stereocenters. The Labute approximate surface area is 146 Å². The van der Waals surface area contributed by atoms with Crippen LogP contribution >= 0.6 is 0 Å². The third-order valence-electron chi connectivity index (χ3n) is 5.10. The maximum absolute atomic E-state index is 12.8. The zero-order valence-electron chi connectivity index (χ0n) is 14.2. The molecule has 4 rings (SSSR count). The summed E-state index contributed by atoms with van der Waals surface area (Å²) in [5.41, 5.74) is 1.05. The lowest BCUT2D eigenvalue weighted by molar-refractivity contribution is -0.0359. The number of hydrogen-bond donors (Lipinski definition) is 0. The van der Waals surface area contributed by atoms with Crippen molar-refractivity contribution in [3.8, 4) is 0 Å². The van der Waals surface area contributed by atoms with Crippen molar-refractivity contribution < 1.29 is 13.9 Å². The molecule has 2 aliphatic rings. The minimum atomic E-state index is -0.0514. The molecule has 4 heterocycles. The van der Waals surface area contributed by atoms with Crippen molar-refractivity contribution in [3.63, 3.8) is 0 Å². The molecule has 2 aromatic heterocycles. The van der Waals surface area contributed by atoms with E-state index in [4.69, 9.17) is 9.15 Å². The van der Waals surface area contributed by atoms with Gasteiger partial charge in [0.25, 0.3) is 5.91 Å². The van der Waals surface area contributed by atoms with Crippen LogP contribution in [0.4, 0.5) is 0 Å². The number of nitrogens with zero attached hydrogens (tertiary/aromatic N) is 4. The lowest BCUT2D eigenvalue weighted by Gasteiger charge is -2.34. The monoisotopic (exact) mass is 342 g/mol. The van der Waals surface area contributed by atoms with Crippen LogP contribution in [0.25, 0.3) is 0 Å². The maximum atomic E-state index is 12.8. The van der Waals surface area contributed by atoms with E-state index < -0.39 is 0 Å². The summed E-state index contributed by atoms with van der Waals surface area (Å²) in [6.45, 7) is 2.11. The molecule has 0 radical (unpaired) electrons. The van der Waals surface area contributed by atoms with Crippen molar-refractivity contribution in [2.24, 2.45) is 0 Å². The van der Waals surface area contributed by atoms with Crippen LogP contribution in [0.15, 0.2) is 41.5 Å². The largest absolute Gasteiger partial charge is 0.459 e. The lowest BCUT2D eigenvalue weighted by Crippen LogP contribution is -2.46. The predicted octanol–water partition coefficient (Wildman–Crippen LogP) is 1.57. The Hall–Kier alpha value is -2.25. The van der Waals surface area contributed by atoms with Crippen LogP contribution < -0.4 is 0 Å². The summed E-state index contributed by atoms with van der Waals surface area (Å²) in [4.78, 5) is 25.1. The fourth-order valence-electron chi connectivity index (χ4n) is 3.91. The Morgan fingerprint density at radius 3 is 3.00 bits per heavy atom. The van der Waals surface area contributed by atoms with Gasteiger partial charge in [0, 0.05) is 37.7 Å². The molecule has 2 saturated heterocycles. The Balaban J connectivity index is 1.53. The van der Waals surface area contributed by atoms with Gasteiger partial charge in [0.05, 0.1) is 24.5 Å². The van der Waals surface area contributed by atoms with E-state index >= 15 is 0 Å². The first-order valence-electron chi connectivity index (χ1n) is 8.64. The highest BCUT2D eigenvalue weighted by atomic mass is 16.5. The number of hydrogen-bond acceptors (Lipinski definition) is 6. The zero-order valence-corrected chi connectivity index (χ0v) is 14.2. The Morgan fingerprint density at radius 1 is 1.40 bits per heavy atom. The predicted molar refractivity (Wildman–Crippen MR) is 89.8 cm³/mol. The third-order valence-corrected chi connectivity index (χ3v) is 5.10. The minimum Gasteiger partial charge on any atom is -0.459 e. The van der Waals surface area contributed by atoms with Gasteiger partial charge in [-0.3, -0.25) is 9.69 Å². The summed E-state index contributed by atoms with van der Waals surface area (Å²) in [7, 11) is 2.06. The molecule has 7 heteroatoms. The van der Waals surface area contributed by atoms with Gasteiger partial charge < -0.3 is 14.1 Å². The summed E-state index contributed by atoms with van der Waals surface area (Å²) < 4.78 is 11.4. The summed E-state index contributed by atoms with van der Waals surface area (Å²) in [6.07, 6.45) is 8.69. The minimum absolute atomic E-state index is 0.0299. The molecule has 2 aromatic rings. The summed E-state index contributed by atoms with van der Waals surface area (Å²) >= 11 is 0. The fourth-order valence-corrected chi connectivity index (χ4v) is 3.91. The average molecular weight is 342 g/mol. The van der Waals surface area contributed by atoms with E-state index in [1.807, 2.05) is 17.3 Å². The average Bonchev–Trinajstić information content (AvgIpc) is 3.30. The quantitative estimate of drug-likeness (QED) is 0.840. The van der Waals surface area contributed by atoms with E-state index in [0.29, 0.717) is 12.3 Å². The van der Waals surface area contributed by atoms with Crippen LogP contribution in [-0.4, -0.2) is 64.1 Å². The number of carbonyl (C=O) groups excluding carboxylic acids is 1. The van der Waals surface area contributed by atoms with Crippen molar-refractivity contribution >= 4 is 5.91 Å². The highest BCUT2D eigenvalue weighted by Gasteiger charge is 2.48. The van der Waals surface area contributed by atoms with Gasteiger partial charge in [0.2, 0.25) is 0 Å². The van der Waals surface area contributed by atoms with Crippen molar-refractivity contribution in [1.29, 1.82) is 0 Å². The van der Waals surface area contributed by atoms with Crippen molar-refractivity contribution in [1.82, 2.24) is 19.8 Å². The number of fused-ring (bicyclic) bond motifs is 1. The number of rotatable bonds is 4. The van der Waals surface area contributed by atoms with E-state index in [1.54, 1.807) is 12.1 Å². The van der Waals surface area contributed by atoms with E-state index in [-0.39, 0.29) is 24.1 Å². The first-order chi connectivity index (χ1) is 12.2. The van der Waals surface area contributed by atoms with Crippen molar-refractivity contribution in [2.75, 3.05) is 20.2 Å². The van der Waals surface area contributed by atoms with Gasteiger partial charge in [-0.05, 0) is 32.0 Å². The number of ether oxygens (including phenoxy) is 1. The van der Waals surface area contributed by atoms with Gasteiger partial charge in [0.15, 0.2) is 5.76 Å². The zero-order chi connectivity index (χ0) is 17.2. The number of furan rings is 1. The highest BCUT2D eigenvalue weighted by molar-refractivity contribution is 5.92. The molecule has 3 atom stereocenters. The lowest BCUT2D eigenvalue weighted by atomic mass is 10.00. The van der Waals surface area contributed by atoms with Gasteiger partial charge in [-0.25, -0.2) is 9.97 Å². The molecular weight excluding hydrogens is 320 g/mol. The van der Waals surface area contributed by atoms with Crippen molar-refractivity contribution in [2.45, 2.75) is 37.6 Å². The molecule has 25 heavy (non-hydrogen) atoms. The topological polar surface area (TPSA) is 71.7 Å². The molecule has 0 aliphatic carbocycles. The standard InChI is InChI=1S/C18H22N4O3/c1-21(10-13-8-19-12-20-9-13)15-11-22(14-4-2-7-25-17(14)15)18(23)16-5-3-6-24-16/h3,5-6,8-9,12,14-15,17H,2,4,7,10-11H2,1H3/t14-,15+,17+/m1/s1. The SMILES string of the molecule is CN(Cc1cncnc1)[C@H]1CN(C(=O)c2ccco2)[C@@H]2CCCO[C@@H]21. The molecule has 2 aliphatic heterocycles. The first-order valence-corrected chi connectivity index (χ1v) is 8.64. The molecule has 0 N–H and O–H groups in total. The van der Waals surface area contributed by atoms with Crippen LogP contribution in [0.2, 0.25) is 0 Å².